The SMILES string of the molecule is CN(C)c1nc(CNC(=O)N2CCCC2CO)cs1. The molecule has 1 aliphatic rings. The number of aliphatic hydroxyl groups excluding tert-OH is 1. The molecular formula is C12H20N4O2S. The van der Waals surface area contributed by atoms with Crippen LogP contribution >= 0.6 is 11.3 Å². The molecular weight excluding hydrogens is 264 g/mol. The predicted octanol–water partition coefficient (Wildman–Crippen LogP) is 0.875. The number of carbonyl (C=O) groups excluding carboxylic acids is 1. The summed E-state index contributed by atoms with van der Waals surface area (Å²) in [5.41, 5.74) is 0.863. The fourth-order valence-corrected chi connectivity index (χ4v) is 2.90. The Hall–Kier alpha value is -1.34. The van der Waals surface area contributed by atoms with Crippen molar-refractivity contribution in [3.8, 4) is 0 Å². The van der Waals surface area contributed by atoms with E-state index in [1.54, 1.807) is 16.2 Å². The number of nitrogens with one attached hydrogen (secondary N) is 1. The number of likely N-dealkylation sites (tertiary alicyclic amines) is 1. The number of anilines is 1. The highest BCUT2D eigenvalue weighted by molar-refractivity contribution is 7.13. The summed E-state index contributed by atoms with van der Waals surface area (Å²) in [5, 5.41) is 14.9. The number of carbonyl (C=O) groups is 1. The lowest BCUT2D eigenvalue weighted by molar-refractivity contribution is 0.157. The van der Waals surface area contributed by atoms with Gasteiger partial charge in [0.2, 0.25) is 0 Å². The Morgan fingerprint density at radius 1 is 1.68 bits per heavy atom. The van der Waals surface area contributed by atoms with Gasteiger partial charge < -0.3 is 20.2 Å². The minimum absolute atomic E-state index is 0.0345. The third-order valence-electron chi connectivity index (χ3n) is 3.19. The second-order valence-corrected chi connectivity index (χ2v) is 5.68. The Labute approximate surface area is 117 Å². The summed E-state index contributed by atoms with van der Waals surface area (Å²) < 4.78 is 0. The fraction of sp³-hybridized carbons (Fsp3) is 0.667. The van der Waals surface area contributed by atoms with E-state index in [9.17, 15) is 9.90 Å². The lowest BCUT2D eigenvalue weighted by Crippen LogP contribution is -2.43. The van der Waals surface area contributed by atoms with Crippen molar-refractivity contribution in [2.75, 3.05) is 32.1 Å². The zero-order valence-electron chi connectivity index (χ0n) is 11.3. The number of hydrogen-bond acceptors (Lipinski definition) is 5. The number of thiazole rings is 1. The number of aromatic nitrogens is 1. The van der Waals surface area contributed by atoms with E-state index in [1.807, 2.05) is 24.4 Å². The van der Waals surface area contributed by atoms with Crippen molar-refractivity contribution in [1.82, 2.24) is 15.2 Å². The van der Waals surface area contributed by atoms with Crippen LogP contribution in [0.5, 0.6) is 0 Å². The predicted molar refractivity (Wildman–Crippen MR) is 75.5 cm³/mol. The highest BCUT2D eigenvalue weighted by atomic mass is 32.1. The summed E-state index contributed by atoms with van der Waals surface area (Å²) >= 11 is 1.56. The molecule has 0 aliphatic carbocycles. The summed E-state index contributed by atoms with van der Waals surface area (Å²) in [6.45, 7) is 1.18. The smallest absolute Gasteiger partial charge is 0.318 e. The van der Waals surface area contributed by atoms with Crippen LogP contribution in [0.25, 0.3) is 0 Å². The van der Waals surface area contributed by atoms with Gasteiger partial charge in [0.15, 0.2) is 5.13 Å². The molecule has 0 radical (unpaired) electrons. The van der Waals surface area contributed by atoms with Crippen LogP contribution in [0.2, 0.25) is 0 Å². The number of rotatable bonds is 4. The minimum atomic E-state index is -0.115. The van der Waals surface area contributed by atoms with Gasteiger partial charge in [0.25, 0.3) is 0 Å². The molecule has 0 saturated carbocycles. The Morgan fingerprint density at radius 2 is 2.47 bits per heavy atom. The first kappa shape index (κ1) is 14.1. The maximum absolute atomic E-state index is 12.0. The molecule has 7 heteroatoms. The van der Waals surface area contributed by atoms with Gasteiger partial charge in [-0.3, -0.25) is 0 Å². The van der Waals surface area contributed by atoms with Crippen molar-refractivity contribution in [2.45, 2.75) is 25.4 Å². The molecule has 0 spiro atoms. The van der Waals surface area contributed by atoms with Crippen LogP contribution < -0.4 is 10.2 Å². The Morgan fingerprint density at radius 3 is 3.11 bits per heavy atom. The zero-order chi connectivity index (χ0) is 13.8. The van der Waals surface area contributed by atoms with E-state index >= 15 is 0 Å². The summed E-state index contributed by atoms with van der Waals surface area (Å²) in [7, 11) is 3.88. The van der Waals surface area contributed by atoms with Gasteiger partial charge in [-0.05, 0) is 12.8 Å². The average Bonchev–Trinajstić information content (AvgIpc) is 3.04. The maximum Gasteiger partial charge on any atom is 0.318 e. The molecule has 1 aromatic heterocycles. The number of amides is 2. The summed E-state index contributed by atoms with van der Waals surface area (Å²) in [4.78, 5) is 20.1. The quantitative estimate of drug-likeness (QED) is 0.861. The molecule has 1 aromatic rings. The van der Waals surface area contributed by atoms with Gasteiger partial charge in [-0.25, -0.2) is 9.78 Å². The van der Waals surface area contributed by atoms with Crippen molar-refractivity contribution in [3.63, 3.8) is 0 Å². The molecule has 0 aromatic carbocycles. The fourth-order valence-electron chi connectivity index (χ4n) is 2.14. The number of urea groups is 1. The second kappa shape index (κ2) is 6.21. The number of aliphatic hydroxyl groups is 1. The van der Waals surface area contributed by atoms with Gasteiger partial charge in [0, 0.05) is 26.0 Å². The molecule has 1 unspecified atom stereocenters. The summed E-state index contributed by atoms with van der Waals surface area (Å²) in [6, 6.07) is -0.149. The van der Waals surface area contributed by atoms with Crippen LogP contribution in [0.15, 0.2) is 5.38 Å². The molecule has 106 valence electrons. The van der Waals surface area contributed by atoms with Crippen molar-refractivity contribution in [2.24, 2.45) is 0 Å². The average molecular weight is 284 g/mol. The first-order valence-electron chi connectivity index (χ1n) is 6.39. The van der Waals surface area contributed by atoms with Crippen molar-refractivity contribution in [1.29, 1.82) is 0 Å². The molecule has 1 fully saturated rings. The molecule has 6 nitrogen and oxygen atoms in total. The highest BCUT2D eigenvalue weighted by Crippen LogP contribution is 2.19. The van der Waals surface area contributed by atoms with E-state index in [1.165, 1.54) is 0 Å². The molecule has 2 rings (SSSR count). The third-order valence-corrected chi connectivity index (χ3v) is 4.25. The summed E-state index contributed by atoms with van der Waals surface area (Å²) in [5.74, 6) is 0. The van der Waals surface area contributed by atoms with E-state index < -0.39 is 0 Å². The van der Waals surface area contributed by atoms with Crippen LogP contribution in [0.3, 0.4) is 0 Å². The van der Waals surface area contributed by atoms with Crippen molar-refractivity contribution in [3.05, 3.63) is 11.1 Å². The molecule has 2 N–H and O–H groups in total. The lowest BCUT2D eigenvalue weighted by atomic mass is 10.2. The van der Waals surface area contributed by atoms with Gasteiger partial charge in [-0.2, -0.15) is 0 Å². The maximum atomic E-state index is 12.0. The van der Waals surface area contributed by atoms with Crippen molar-refractivity contribution >= 4 is 22.5 Å². The summed E-state index contributed by atoms with van der Waals surface area (Å²) in [6.07, 6.45) is 1.84. The Balaban J connectivity index is 1.85. The minimum Gasteiger partial charge on any atom is -0.394 e. The molecule has 1 atom stereocenters. The van der Waals surface area contributed by atoms with Crippen molar-refractivity contribution < 1.29 is 9.90 Å². The third kappa shape index (κ3) is 3.36. The normalized spacial score (nSPS) is 18.7. The molecule has 0 bridgehead atoms. The van der Waals surface area contributed by atoms with E-state index in [0.717, 1.165) is 30.2 Å². The Kier molecular flexibility index (Phi) is 4.60. The molecule has 19 heavy (non-hydrogen) atoms. The van der Waals surface area contributed by atoms with Crippen LogP contribution in [0, 0.1) is 0 Å². The largest absolute Gasteiger partial charge is 0.394 e. The van der Waals surface area contributed by atoms with E-state index in [0.29, 0.717) is 6.54 Å². The van der Waals surface area contributed by atoms with Crippen LogP contribution in [0.1, 0.15) is 18.5 Å². The van der Waals surface area contributed by atoms with Gasteiger partial charge in [-0.15, -0.1) is 11.3 Å². The van der Waals surface area contributed by atoms with Gasteiger partial charge in [0.05, 0.1) is 24.9 Å². The van der Waals surface area contributed by atoms with Crippen LogP contribution in [-0.2, 0) is 6.54 Å². The van der Waals surface area contributed by atoms with E-state index in [2.05, 4.69) is 10.3 Å². The highest BCUT2D eigenvalue weighted by Gasteiger charge is 2.27. The first-order chi connectivity index (χ1) is 9.11. The van der Waals surface area contributed by atoms with Crippen LogP contribution in [-0.4, -0.2) is 54.3 Å². The zero-order valence-corrected chi connectivity index (χ0v) is 12.1. The van der Waals surface area contributed by atoms with Gasteiger partial charge in [0.1, 0.15) is 0 Å². The van der Waals surface area contributed by atoms with E-state index in [-0.39, 0.29) is 18.7 Å². The number of hydrogen-bond donors (Lipinski definition) is 2. The number of nitrogens with zero attached hydrogens (tertiary/aromatic N) is 3. The topological polar surface area (TPSA) is 68.7 Å². The first-order valence-corrected chi connectivity index (χ1v) is 7.27. The lowest BCUT2D eigenvalue weighted by Gasteiger charge is -2.23. The molecule has 1 saturated heterocycles. The molecule has 2 amide bonds. The van der Waals surface area contributed by atoms with Crippen LogP contribution in [0.4, 0.5) is 9.93 Å². The monoisotopic (exact) mass is 284 g/mol. The standard InChI is InChI=1S/C12H20N4O2S/c1-15(2)12-14-9(8-19-12)6-13-11(18)16-5-3-4-10(16)7-17/h8,10,17H,3-7H2,1-2H3,(H,13,18). The molecule has 2 heterocycles. The van der Waals surface area contributed by atoms with Gasteiger partial charge in [-0.1, -0.05) is 0 Å². The second-order valence-electron chi connectivity index (χ2n) is 4.85. The Bertz CT molecular complexity index is 435. The molecule has 1 aliphatic heterocycles. The van der Waals surface area contributed by atoms with Gasteiger partial charge >= 0.3 is 6.03 Å². The van der Waals surface area contributed by atoms with E-state index in [4.69, 9.17) is 0 Å².